The van der Waals surface area contributed by atoms with E-state index in [1.807, 2.05) is 0 Å². The predicted molar refractivity (Wildman–Crippen MR) is 87.7 cm³/mol. The lowest BCUT2D eigenvalue weighted by atomic mass is 9.75. The molecule has 23 heavy (non-hydrogen) atoms. The number of esters is 1. The van der Waals surface area contributed by atoms with Crippen LogP contribution in [0.4, 0.5) is 4.39 Å². The summed E-state index contributed by atoms with van der Waals surface area (Å²) in [5.74, 6) is 1.27. The molecule has 0 bridgehead atoms. The first-order chi connectivity index (χ1) is 10.9. The van der Waals surface area contributed by atoms with Crippen LogP contribution >= 0.6 is 0 Å². The van der Waals surface area contributed by atoms with Crippen molar-refractivity contribution in [3.05, 3.63) is 30.1 Å². The molecule has 1 saturated carbocycles. The second-order valence-corrected chi connectivity index (χ2v) is 7.02. The van der Waals surface area contributed by atoms with Gasteiger partial charge in [-0.25, -0.2) is 9.18 Å². The summed E-state index contributed by atoms with van der Waals surface area (Å²) in [6, 6.07) is 5.65. The minimum Gasteiger partial charge on any atom is -0.479 e. The zero-order valence-electron chi connectivity index (χ0n) is 14.4. The maximum Gasteiger partial charge on any atom is 0.347 e. The maximum absolute atomic E-state index is 12.9. The first-order valence-electron chi connectivity index (χ1n) is 8.49. The Bertz CT molecular complexity index is 512. The molecule has 1 aromatic rings. The molecule has 0 amide bonds. The molecule has 0 radical (unpaired) electrons. The minimum absolute atomic E-state index is 0.0366. The van der Waals surface area contributed by atoms with E-state index in [1.54, 1.807) is 6.92 Å². The molecule has 3 nitrogen and oxygen atoms in total. The van der Waals surface area contributed by atoms with Crippen molar-refractivity contribution in [3.8, 4) is 5.75 Å². The Hall–Kier alpha value is -1.58. The fourth-order valence-electron chi connectivity index (χ4n) is 3.26. The van der Waals surface area contributed by atoms with Crippen molar-refractivity contribution in [1.29, 1.82) is 0 Å². The van der Waals surface area contributed by atoms with Crippen molar-refractivity contribution in [3.63, 3.8) is 0 Å². The van der Waals surface area contributed by atoms with Gasteiger partial charge in [-0.3, -0.25) is 0 Å². The van der Waals surface area contributed by atoms with Crippen molar-refractivity contribution in [2.24, 2.45) is 17.8 Å². The van der Waals surface area contributed by atoms with Crippen molar-refractivity contribution in [2.75, 3.05) is 0 Å². The number of carbonyl (C=O) groups excluding carboxylic acids is 1. The molecule has 0 heterocycles. The van der Waals surface area contributed by atoms with E-state index in [0.29, 0.717) is 23.5 Å². The van der Waals surface area contributed by atoms with Crippen molar-refractivity contribution in [2.45, 2.75) is 59.2 Å². The highest BCUT2D eigenvalue weighted by Crippen LogP contribution is 2.35. The average Bonchev–Trinajstić information content (AvgIpc) is 2.49. The summed E-state index contributed by atoms with van der Waals surface area (Å²) in [6.07, 6.45) is 2.47. The molecule has 1 aliphatic carbocycles. The molecule has 4 heteroatoms. The fourth-order valence-corrected chi connectivity index (χ4v) is 3.26. The maximum atomic E-state index is 12.9. The van der Waals surface area contributed by atoms with Gasteiger partial charge >= 0.3 is 5.97 Å². The highest BCUT2D eigenvalue weighted by Gasteiger charge is 2.34. The number of benzene rings is 1. The predicted octanol–water partition coefficient (Wildman–Crippen LogP) is 4.60. The Balaban J connectivity index is 1.94. The SMILES string of the molecule is CC(C)[C@@H]1CC[C@H](C)C[C@@H]1OC(=O)[C@@H](C)Oc1ccc(F)cc1. The van der Waals surface area contributed by atoms with Gasteiger partial charge in [-0.05, 0) is 61.8 Å². The largest absolute Gasteiger partial charge is 0.479 e. The lowest BCUT2D eigenvalue weighted by Crippen LogP contribution is -2.39. The Labute approximate surface area is 138 Å². The highest BCUT2D eigenvalue weighted by molar-refractivity contribution is 5.74. The van der Waals surface area contributed by atoms with E-state index in [2.05, 4.69) is 20.8 Å². The molecule has 0 saturated heterocycles. The van der Waals surface area contributed by atoms with Gasteiger partial charge in [0.25, 0.3) is 0 Å². The van der Waals surface area contributed by atoms with E-state index < -0.39 is 6.10 Å². The van der Waals surface area contributed by atoms with Gasteiger partial charge in [0.2, 0.25) is 0 Å². The van der Waals surface area contributed by atoms with E-state index >= 15 is 0 Å². The third-order valence-corrected chi connectivity index (χ3v) is 4.69. The Morgan fingerprint density at radius 3 is 2.43 bits per heavy atom. The van der Waals surface area contributed by atoms with Crippen LogP contribution in [0.3, 0.4) is 0 Å². The summed E-state index contributed by atoms with van der Waals surface area (Å²) in [4.78, 5) is 12.3. The summed E-state index contributed by atoms with van der Waals surface area (Å²) in [5, 5.41) is 0. The van der Waals surface area contributed by atoms with Gasteiger partial charge in [0, 0.05) is 0 Å². The van der Waals surface area contributed by atoms with Crippen LogP contribution in [0.1, 0.15) is 47.0 Å². The molecular weight excluding hydrogens is 295 g/mol. The van der Waals surface area contributed by atoms with Crippen LogP contribution in [-0.4, -0.2) is 18.2 Å². The number of rotatable bonds is 5. The summed E-state index contributed by atoms with van der Waals surface area (Å²) >= 11 is 0. The van der Waals surface area contributed by atoms with Gasteiger partial charge in [-0.2, -0.15) is 0 Å². The zero-order valence-corrected chi connectivity index (χ0v) is 14.4. The van der Waals surface area contributed by atoms with Crippen LogP contribution in [0.25, 0.3) is 0 Å². The molecule has 1 aromatic carbocycles. The van der Waals surface area contributed by atoms with Gasteiger partial charge in [0.1, 0.15) is 17.7 Å². The zero-order chi connectivity index (χ0) is 17.0. The summed E-state index contributed by atoms with van der Waals surface area (Å²) in [5.41, 5.74) is 0. The van der Waals surface area contributed by atoms with E-state index in [0.717, 1.165) is 12.8 Å². The lowest BCUT2D eigenvalue weighted by molar-refractivity contribution is -0.163. The Morgan fingerprint density at radius 2 is 1.83 bits per heavy atom. The van der Waals surface area contributed by atoms with E-state index in [9.17, 15) is 9.18 Å². The van der Waals surface area contributed by atoms with Gasteiger partial charge in [0.15, 0.2) is 6.10 Å². The quantitative estimate of drug-likeness (QED) is 0.743. The van der Waals surface area contributed by atoms with Crippen molar-refractivity contribution in [1.82, 2.24) is 0 Å². The first kappa shape index (κ1) is 17.8. The second kappa shape index (κ2) is 7.80. The molecule has 0 aromatic heterocycles. The van der Waals surface area contributed by atoms with E-state index in [1.165, 1.54) is 30.7 Å². The lowest BCUT2D eigenvalue weighted by Gasteiger charge is -2.37. The average molecular weight is 322 g/mol. The monoisotopic (exact) mass is 322 g/mol. The number of hydrogen-bond donors (Lipinski definition) is 0. The van der Waals surface area contributed by atoms with Crippen LogP contribution in [0.15, 0.2) is 24.3 Å². The minimum atomic E-state index is -0.703. The Kier molecular flexibility index (Phi) is 6.03. The van der Waals surface area contributed by atoms with Gasteiger partial charge < -0.3 is 9.47 Å². The van der Waals surface area contributed by atoms with Crippen LogP contribution in [0.2, 0.25) is 0 Å². The molecule has 128 valence electrons. The smallest absolute Gasteiger partial charge is 0.347 e. The van der Waals surface area contributed by atoms with Crippen molar-refractivity contribution < 1.29 is 18.7 Å². The van der Waals surface area contributed by atoms with E-state index in [4.69, 9.17) is 9.47 Å². The molecule has 2 rings (SSSR count). The number of hydrogen-bond acceptors (Lipinski definition) is 3. The molecule has 0 aliphatic heterocycles. The number of carbonyl (C=O) groups is 1. The van der Waals surface area contributed by atoms with Crippen LogP contribution in [0, 0.1) is 23.6 Å². The Morgan fingerprint density at radius 1 is 1.17 bits per heavy atom. The van der Waals surface area contributed by atoms with Gasteiger partial charge in [0.05, 0.1) is 0 Å². The van der Waals surface area contributed by atoms with Crippen LogP contribution < -0.4 is 4.74 Å². The number of ether oxygens (including phenoxy) is 2. The fraction of sp³-hybridized carbons (Fsp3) is 0.632. The van der Waals surface area contributed by atoms with Gasteiger partial charge in [-0.15, -0.1) is 0 Å². The molecule has 1 fully saturated rings. The summed E-state index contributed by atoms with van der Waals surface area (Å²) < 4.78 is 24.2. The second-order valence-electron chi connectivity index (χ2n) is 7.02. The van der Waals surface area contributed by atoms with E-state index in [-0.39, 0.29) is 17.9 Å². The third kappa shape index (κ3) is 4.95. The molecule has 0 spiro atoms. The first-order valence-corrected chi connectivity index (χ1v) is 8.49. The topological polar surface area (TPSA) is 35.5 Å². The molecule has 0 N–H and O–H groups in total. The molecule has 4 atom stereocenters. The highest BCUT2D eigenvalue weighted by atomic mass is 19.1. The summed E-state index contributed by atoms with van der Waals surface area (Å²) in [6.45, 7) is 8.23. The standard InChI is InChI=1S/C19H27FO3/c1-12(2)17-10-5-13(3)11-18(17)23-19(21)14(4)22-16-8-6-15(20)7-9-16/h6-9,12-14,17-18H,5,10-11H2,1-4H3/t13-,14+,17-,18-/m0/s1. The number of halogens is 1. The molecule has 1 aliphatic rings. The third-order valence-electron chi connectivity index (χ3n) is 4.69. The van der Waals surface area contributed by atoms with Crippen LogP contribution in [0.5, 0.6) is 5.75 Å². The van der Waals surface area contributed by atoms with Crippen molar-refractivity contribution >= 4 is 5.97 Å². The van der Waals surface area contributed by atoms with Gasteiger partial charge in [-0.1, -0.05) is 27.2 Å². The molecule has 0 unspecified atom stereocenters. The normalized spacial score (nSPS) is 25.9. The van der Waals surface area contributed by atoms with Crippen LogP contribution in [-0.2, 0) is 9.53 Å². The molecular formula is C19H27FO3. The summed E-state index contributed by atoms with van der Waals surface area (Å²) in [7, 11) is 0.